The molecule has 0 unspecified atom stereocenters. The SMILES string of the molecule is COc1ccc2c3c(c(=O)oc2c1)CCC1(C3)OCCO1. The summed E-state index contributed by atoms with van der Waals surface area (Å²) in [5.41, 5.74) is 2.01. The van der Waals surface area contributed by atoms with E-state index in [9.17, 15) is 4.79 Å². The number of benzene rings is 1. The van der Waals surface area contributed by atoms with Gasteiger partial charge in [-0.25, -0.2) is 4.79 Å². The molecular weight excluding hydrogens is 272 g/mol. The van der Waals surface area contributed by atoms with Crippen LogP contribution in [0.15, 0.2) is 27.4 Å². The van der Waals surface area contributed by atoms with Crippen molar-refractivity contribution in [3.63, 3.8) is 0 Å². The molecular formula is C16H16O5. The summed E-state index contributed by atoms with van der Waals surface area (Å²) < 4.78 is 22.2. The van der Waals surface area contributed by atoms with Gasteiger partial charge in [0.1, 0.15) is 11.3 Å². The van der Waals surface area contributed by atoms with E-state index in [1.807, 2.05) is 12.1 Å². The van der Waals surface area contributed by atoms with Crippen LogP contribution in [0.5, 0.6) is 5.75 Å². The Morgan fingerprint density at radius 1 is 1.19 bits per heavy atom. The van der Waals surface area contributed by atoms with Gasteiger partial charge in [0.15, 0.2) is 5.79 Å². The number of hydrogen-bond acceptors (Lipinski definition) is 5. The van der Waals surface area contributed by atoms with Crippen molar-refractivity contribution < 1.29 is 18.6 Å². The molecule has 0 saturated carbocycles. The second-order valence-electron chi connectivity index (χ2n) is 5.49. The van der Waals surface area contributed by atoms with Crippen molar-refractivity contribution in [2.45, 2.75) is 25.0 Å². The molecule has 1 fully saturated rings. The molecule has 5 heteroatoms. The average molecular weight is 288 g/mol. The van der Waals surface area contributed by atoms with Gasteiger partial charge in [0.2, 0.25) is 0 Å². The van der Waals surface area contributed by atoms with Crippen LogP contribution in [0.25, 0.3) is 11.0 Å². The minimum atomic E-state index is -0.562. The highest BCUT2D eigenvalue weighted by molar-refractivity contribution is 5.83. The number of methoxy groups -OCH3 is 1. The first-order chi connectivity index (χ1) is 10.2. The van der Waals surface area contributed by atoms with E-state index in [0.717, 1.165) is 16.5 Å². The number of fused-ring (bicyclic) bond motifs is 3. The van der Waals surface area contributed by atoms with Gasteiger partial charge in [-0.15, -0.1) is 0 Å². The fraction of sp³-hybridized carbons (Fsp3) is 0.438. The lowest BCUT2D eigenvalue weighted by Crippen LogP contribution is -2.38. The summed E-state index contributed by atoms with van der Waals surface area (Å²) in [4.78, 5) is 12.2. The van der Waals surface area contributed by atoms with Gasteiger partial charge < -0.3 is 18.6 Å². The fourth-order valence-corrected chi connectivity index (χ4v) is 3.28. The zero-order valence-electron chi connectivity index (χ0n) is 11.8. The monoisotopic (exact) mass is 288 g/mol. The summed E-state index contributed by atoms with van der Waals surface area (Å²) in [6, 6.07) is 5.55. The Morgan fingerprint density at radius 2 is 2.00 bits per heavy atom. The Kier molecular flexibility index (Phi) is 2.80. The van der Waals surface area contributed by atoms with E-state index in [-0.39, 0.29) is 5.63 Å². The zero-order chi connectivity index (χ0) is 14.4. The molecule has 2 aromatic rings. The lowest BCUT2D eigenvalue weighted by Gasteiger charge is -2.32. The fourth-order valence-electron chi connectivity index (χ4n) is 3.28. The molecule has 0 atom stereocenters. The smallest absolute Gasteiger partial charge is 0.339 e. The van der Waals surface area contributed by atoms with E-state index in [0.29, 0.717) is 43.8 Å². The van der Waals surface area contributed by atoms with Crippen LogP contribution < -0.4 is 10.4 Å². The zero-order valence-corrected chi connectivity index (χ0v) is 11.8. The molecule has 2 aliphatic rings. The van der Waals surface area contributed by atoms with Crippen LogP contribution in [0.3, 0.4) is 0 Å². The van der Waals surface area contributed by atoms with E-state index in [2.05, 4.69) is 0 Å². The van der Waals surface area contributed by atoms with Gasteiger partial charge in [-0.1, -0.05) is 0 Å². The summed E-state index contributed by atoms with van der Waals surface area (Å²) in [5.74, 6) is 0.109. The molecule has 1 spiro atoms. The Balaban J connectivity index is 1.91. The predicted molar refractivity (Wildman–Crippen MR) is 75.7 cm³/mol. The van der Waals surface area contributed by atoms with E-state index in [4.69, 9.17) is 18.6 Å². The van der Waals surface area contributed by atoms with E-state index < -0.39 is 5.79 Å². The van der Waals surface area contributed by atoms with Crippen molar-refractivity contribution >= 4 is 11.0 Å². The first kappa shape index (κ1) is 12.9. The third-order valence-electron chi connectivity index (χ3n) is 4.34. The van der Waals surface area contributed by atoms with Gasteiger partial charge in [-0.05, 0) is 24.1 Å². The molecule has 0 radical (unpaired) electrons. The standard InChI is InChI=1S/C16H16O5/c1-18-10-2-3-11-13-9-16(19-6-7-20-16)5-4-12(13)15(17)21-14(11)8-10/h2-3,8H,4-7,9H2,1H3. The molecule has 5 nitrogen and oxygen atoms in total. The van der Waals surface area contributed by atoms with Crippen molar-refractivity contribution in [2.24, 2.45) is 0 Å². The van der Waals surface area contributed by atoms with Crippen molar-refractivity contribution in [3.8, 4) is 5.75 Å². The van der Waals surface area contributed by atoms with Crippen molar-refractivity contribution in [1.29, 1.82) is 0 Å². The molecule has 1 saturated heterocycles. The molecule has 21 heavy (non-hydrogen) atoms. The van der Waals surface area contributed by atoms with Gasteiger partial charge in [0, 0.05) is 29.9 Å². The Hall–Kier alpha value is -1.85. The summed E-state index contributed by atoms with van der Waals surface area (Å²) in [7, 11) is 1.59. The third kappa shape index (κ3) is 1.96. The van der Waals surface area contributed by atoms with Gasteiger partial charge in [0.25, 0.3) is 0 Å². The molecule has 1 aromatic heterocycles. The second-order valence-corrected chi connectivity index (χ2v) is 5.49. The van der Waals surface area contributed by atoms with Crippen LogP contribution in [-0.2, 0) is 22.3 Å². The Bertz CT molecular complexity index is 755. The molecule has 0 bridgehead atoms. The molecule has 0 amide bonds. The lowest BCUT2D eigenvalue weighted by molar-refractivity contribution is -0.163. The quantitative estimate of drug-likeness (QED) is 0.752. The highest BCUT2D eigenvalue weighted by atomic mass is 16.7. The van der Waals surface area contributed by atoms with Crippen molar-refractivity contribution in [2.75, 3.05) is 20.3 Å². The molecule has 1 aliphatic carbocycles. The predicted octanol–water partition coefficient (Wildman–Crippen LogP) is 2.03. The Labute approximate surface area is 121 Å². The molecule has 2 heterocycles. The van der Waals surface area contributed by atoms with Crippen LogP contribution in [0.4, 0.5) is 0 Å². The molecule has 110 valence electrons. The topological polar surface area (TPSA) is 57.9 Å². The average Bonchev–Trinajstić information content (AvgIpc) is 2.94. The summed E-state index contributed by atoms with van der Waals surface area (Å²) in [5, 5.41) is 0.934. The maximum Gasteiger partial charge on any atom is 0.339 e. The molecule has 0 N–H and O–H groups in total. The maximum atomic E-state index is 12.2. The van der Waals surface area contributed by atoms with Gasteiger partial charge in [-0.2, -0.15) is 0 Å². The minimum Gasteiger partial charge on any atom is -0.497 e. The largest absolute Gasteiger partial charge is 0.497 e. The number of rotatable bonds is 1. The van der Waals surface area contributed by atoms with Crippen LogP contribution in [0.2, 0.25) is 0 Å². The van der Waals surface area contributed by atoms with E-state index in [1.165, 1.54) is 0 Å². The molecule has 4 rings (SSSR count). The van der Waals surface area contributed by atoms with Crippen LogP contribution in [-0.4, -0.2) is 26.1 Å². The van der Waals surface area contributed by atoms with Crippen molar-refractivity contribution in [1.82, 2.24) is 0 Å². The van der Waals surface area contributed by atoms with Gasteiger partial charge >= 0.3 is 5.63 Å². The molecule has 1 aromatic carbocycles. The highest BCUT2D eigenvalue weighted by Crippen LogP contribution is 2.37. The first-order valence-corrected chi connectivity index (χ1v) is 7.11. The third-order valence-corrected chi connectivity index (χ3v) is 4.34. The normalized spacial score (nSPS) is 19.9. The van der Waals surface area contributed by atoms with Gasteiger partial charge in [0.05, 0.1) is 20.3 Å². The van der Waals surface area contributed by atoms with Crippen LogP contribution in [0.1, 0.15) is 17.5 Å². The minimum absolute atomic E-state index is 0.265. The summed E-state index contributed by atoms with van der Waals surface area (Å²) in [6.45, 7) is 1.23. The van der Waals surface area contributed by atoms with Crippen LogP contribution in [0, 0.1) is 0 Å². The maximum absolute atomic E-state index is 12.2. The van der Waals surface area contributed by atoms with E-state index >= 15 is 0 Å². The van der Waals surface area contributed by atoms with Gasteiger partial charge in [-0.3, -0.25) is 0 Å². The number of hydrogen-bond donors (Lipinski definition) is 0. The second kappa shape index (κ2) is 4.58. The van der Waals surface area contributed by atoms with Crippen LogP contribution >= 0.6 is 0 Å². The van der Waals surface area contributed by atoms with E-state index in [1.54, 1.807) is 13.2 Å². The summed E-state index contributed by atoms with van der Waals surface area (Å²) in [6.07, 6.45) is 1.92. The number of ether oxygens (including phenoxy) is 3. The molecule has 1 aliphatic heterocycles. The summed E-state index contributed by atoms with van der Waals surface area (Å²) >= 11 is 0. The lowest BCUT2D eigenvalue weighted by atomic mass is 9.86. The first-order valence-electron chi connectivity index (χ1n) is 7.11. The highest BCUT2D eigenvalue weighted by Gasteiger charge is 2.41. The Morgan fingerprint density at radius 3 is 2.76 bits per heavy atom. The van der Waals surface area contributed by atoms with Crippen molar-refractivity contribution in [3.05, 3.63) is 39.7 Å².